The largest absolute Gasteiger partial charge is 0.449 e. The molecule has 1 heterocycles. The zero-order valence-corrected chi connectivity index (χ0v) is 6.90. The van der Waals surface area contributed by atoms with Gasteiger partial charge in [0.05, 0.1) is 19.5 Å². The van der Waals surface area contributed by atoms with Crippen molar-refractivity contribution >= 4 is 12.0 Å². The Labute approximate surface area is 74.6 Å². The van der Waals surface area contributed by atoms with Crippen LogP contribution in [0.15, 0.2) is 0 Å². The van der Waals surface area contributed by atoms with Gasteiger partial charge in [-0.25, -0.2) is 9.18 Å². The van der Waals surface area contributed by atoms with Crippen LogP contribution >= 0.6 is 0 Å². The summed E-state index contributed by atoms with van der Waals surface area (Å²) in [6, 6.07) is 0. The van der Waals surface area contributed by atoms with Gasteiger partial charge in [0.1, 0.15) is 12.8 Å². The normalized spacial score (nSPS) is 16.5. The van der Waals surface area contributed by atoms with Crippen LogP contribution in [0.1, 0.15) is 0 Å². The summed E-state index contributed by atoms with van der Waals surface area (Å²) in [6.45, 7) is 0.0689. The predicted molar refractivity (Wildman–Crippen MR) is 41.3 cm³/mol. The molecule has 0 aromatic carbocycles. The van der Waals surface area contributed by atoms with Gasteiger partial charge in [0.25, 0.3) is 0 Å². The van der Waals surface area contributed by atoms with Crippen LogP contribution in [-0.2, 0) is 9.53 Å². The molecule has 1 aliphatic heterocycles. The van der Waals surface area contributed by atoms with E-state index in [-0.39, 0.29) is 25.6 Å². The molecule has 73 valence electrons. The van der Waals surface area contributed by atoms with Gasteiger partial charge in [-0.3, -0.25) is 4.79 Å². The minimum atomic E-state index is -0.934. The highest BCUT2D eigenvalue weighted by molar-refractivity contribution is 5.85. The van der Waals surface area contributed by atoms with Crippen molar-refractivity contribution in [1.29, 1.82) is 0 Å². The second kappa shape index (κ2) is 4.06. The molecule has 2 amide bonds. The summed E-state index contributed by atoms with van der Waals surface area (Å²) >= 11 is 0. The fourth-order valence-corrected chi connectivity index (χ4v) is 0.929. The van der Waals surface area contributed by atoms with Gasteiger partial charge in [-0.2, -0.15) is 0 Å². The van der Waals surface area contributed by atoms with E-state index in [1.807, 2.05) is 0 Å². The topological polar surface area (TPSA) is 72.6 Å². The molecular weight excluding hydrogens is 179 g/mol. The van der Waals surface area contributed by atoms with Gasteiger partial charge in [-0.05, 0) is 0 Å². The average Bonchev–Trinajstić information content (AvgIpc) is 1.97. The van der Waals surface area contributed by atoms with E-state index in [4.69, 9.17) is 0 Å². The number of carbonyl (C=O) groups is 2. The first-order valence-corrected chi connectivity index (χ1v) is 3.78. The Hall–Kier alpha value is -1.33. The molecule has 0 aliphatic carbocycles. The van der Waals surface area contributed by atoms with E-state index in [1.54, 1.807) is 0 Å². The Morgan fingerprint density at radius 2 is 2.23 bits per heavy atom. The van der Waals surface area contributed by atoms with E-state index >= 15 is 0 Å². The summed E-state index contributed by atoms with van der Waals surface area (Å²) in [5, 5.41) is 0. The van der Waals surface area contributed by atoms with Crippen LogP contribution in [-0.4, -0.2) is 42.8 Å². The highest BCUT2D eigenvalue weighted by atomic mass is 19.1. The van der Waals surface area contributed by atoms with Gasteiger partial charge >= 0.3 is 6.09 Å². The maximum Gasteiger partial charge on any atom is 0.404 e. The van der Waals surface area contributed by atoms with Crippen molar-refractivity contribution in [2.24, 2.45) is 5.73 Å². The first kappa shape index (κ1) is 9.76. The van der Waals surface area contributed by atoms with E-state index in [0.29, 0.717) is 0 Å². The molecule has 6 heteroatoms. The second-order valence-corrected chi connectivity index (χ2v) is 2.67. The Balaban J connectivity index is 2.08. The quantitative estimate of drug-likeness (QED) is 0.648. The maximum atomic E-state index is 12.3. The molecule has 1 saturated heterocycles. The highest BCUT2D eigenvalue weighted by Crippen LogP contribution is 2.11. The van der Waals surface area contributed by atoms with Gasteiger partial charge in [-0.15, -0.1) is 0 Å². The fourth-order valence-electron chi connectivity index (χ4n) is 0.929. The van der Waals surface area contributed by atoms with Gasteiger partial charge in [-0.1, -0.05) is 0 Å². The molecule has 0 saturated carbocycles. The number of ether oxygens (including phenoxy) is 1. The standard InChI is InChI=1S/C7H10FN2O3/c8-5-3-10(4-5)6(11)1-2-13-7(9)12/h1,5H,2-4H2,(H2,9,12). The molecule has 13 heavy (non-hydrogen) atoms. The highest BCUT2D eigenvalue weighted by Gasteiger charge is 2.29. The van der Waals surface area contributed by atoms with Crippen molar-refractivity contribution in [3.63, 3.8) is 0 Å². The molecule has 2 N–H and O–H groups in total. The van der Waals surface area contributed by atoms with Crippen LogP contribution in [0.25, 0.3) is 0 Å². The van der Waals surface area contributed by atoms with E-state index in [1.165, 1.54) is 4.90 Å². The number of hydrogen-bond acceptors (Lipinski definition) is 3. The smallest absolute Gasteiger partial charge is 0.404 e. The van der Waals surface area contributed by atoms with Crippen LogP contribution in [0.5, 0.6) is 0 Å². The molecular formula is C7H10FN2O3. The number of primary amides is 1. The van der Waals surface area contributed by atoms with Gasteiger partial charge in [0.15, 0.2) is 0 Å². The molecule has 1 radical (unpaired) electrons. The van der Waals surface area contributed by atoms with Crippen molar-refractivity contribution in [3.8, 4) is 0 Å². The van der Waals surface area contributed by atoms with Gasteiger partial charge in [0, 0.05) is 0 Å². The van der Waals surface area contributed by atoms with Crippen molar-refractivity contribution in [2.45, 2.75) is 6.17 Å². The van der Waals surface area contributed by atoms with Crippen LogP contribution in [0, 0.1) is 6.42 Å². The first-order chi connectivity index (χ1) is 6.09. The number of nitrogens with zero attached hydrogens (tertiary/aromatic N) is 1. The zero-order valence-electron chi connectivity index (χ0n) is 6.90. The summed E-state index contributed by atoms with van der Waals surface area (Å²) in [5.74, 6) is -0.338. The number of alkyl halides is 1. The number of carbonyl (C=O) groups excluding carboxylic acids is 2. The second-order valence-electron chi connectivity index (χ2n) is 2.67. The van der Waals surface area contributed by atoms with Gasteiger partial charge < -0.3 is 15.4 Å². The molecule has 5 nitrogen and oxygen atoms in total. The summed E-state index contributed by atoms with van der Waals surface area (Å²) in [7, 11) is 0. The Kier molecular flexibility index (Phi) is 3.05. The van der Waals surface area contributed by atoms with Crippen LogP contribution in [0.3, 0.4) is 0 Å². The number of likely N-dealkylation sites (tertiary alicyclic amines) is 1. The summed E-state index contributed by atoms with van der Waals surface area (Å²) < 4.78 is 16.6. The molecule has 1 aliphatic rings. The zero-order chi connectivity index (χ0) is 9.84. The Morgan fingerprint density at radius 3 is 2.69 bits per heavy atom. The van der Waals surface area contributed by atoms with E-state index in [0.717, 1.165) is 6.42 Å². The third-order valence-electron chi connectivity index (χ3n) is 1.63. The van der Waals surface area contributed by atoms with Crippen LogP contribution < -0.4 is 5.73 Å². The van der Waals surface area contributed by atoms with Crippen molar-refractivity contribution in [3.05, 3.63) is 6.42 Å². The van der Waals surface area contributed by atoms with Gasteiger partial charge in [0.2, 0.25) is 5.91 Å². The number of nitrogens with two attached hydrogens (primary N) is 1. The third kappa shape index (κ3) is 2.89. The molecule has 0 bridgehead atoms. The monoisotopic (exact) mass is 189 g/mol. The lowest BCUT2D eigenvalue weighted by molar-refractivity contribution is -0.134. The Bertz CT molecular complexity index is 216. The molecule has 0 aromatic heterocycles. The number of amides is 2. The molecule has 0 atom stereocenters. The van der Waals surface area contributed by atoms with Crippen LogP contribution in [0.2, 0.25) is 0 Å². The maximum absolute atomic E-state index is 12.3. The van der Waals surface area contributed by atoms with Crippen molar-refractivity contribution in [1.82, 2.24) is 4.90 Å². The third-order valence-corrected chi connectivity index (χ3v) is 1.63. The lowest BCUT2D eigenvalue weighted by Gasteiger charge is -2.34. The van der Waals surface area contributed by atoms with E-state index in [9.17, 15) is 14.0 Å². The number of rotatable bonds is 3. The minimum Gasteiger partial charge on any atom is -0.449 e. The first-order valence-electron chi connectivity index (χ1n) is 3.78. The van der Waals surface area contributed by atoms with Crippen LogP contribution in [0.4, 0.5) is 9.18 Å². The lowest BCUT2D eigenvalue weighted by Crippen LogP contribution is -2.51. The summed E-state index contributed by atoms with van der Waals surface area (Å²) in [5.41, 5.74) is 4.66. The summed E-state index contributed by atoms with van der Waals surface area (Å²) in [4.78, 5) is 22.4. The average molecular weight is 189 g/mol. The minimum absolute atomic E-state index is 0.117. The molecule has 0 unspecified atom stereocenters. The Morgan fingerprint density at radius 1 is 1.62 bits per heavy atom. The lowest BCUT2D eigenvalue weighted by atomic mass is 10.2. The van der Waals surface area contributed by atoms with E-state index < -0.39 is 12.3 Å². The molecule has 0 aromatic rings. The fraction of sp³-hybridized carbons (Fsp3) is 0.571. The summed E-state index contributed by atoms with van der Waals surface area (Å²) in [6.07, 6.45) is -0.707. The number of halogens is 1. The molecule has 1 rings (SSSR count). The molecule has 1 fully saturated rings. The molecule has 0 spiro atoms. The van der Waals surface area contributed by atoms with Crippen molar-refractivity contribution < 1.29 is 18.7 Å². The van der Waals surface area contributed by atoms with E-state index in [2.05, 4.69) is 10.5 Å². The van der Waals surface area contributed by atoms with Crippen molar-refractivity contribution in [2.75, 3.05) is 19.7 Å². The number of hydrogen-bond donors (Lipinski definition) is 1. The SMILES string of the molecule is NC(=O)OC[CH]C(=O)N1CC(F)C1. The predicted octanol–water partition coefficient (Wildman–Crippen LogP) is -0.534.